The van der Waals surface area contributed by atoms with E-state index in [0.717, 1.165) is 37.4 Å². The molecule has 1 rings (SSSR count). The highest BCUT2D eigenvalue weighted by Gasteiger charge is 2.01. The van der Waals surface area contributed by atoms with Gasteiger partial charge in [-0.1, -0.05) is 25.4 Å². The quantitative estimate of drug-likeness (QED) is 0.765. The summed E-state index contributed by atoms with van der Waals surface area (Å²) in [5.74, 6) is 1.65. The van der Waals surface area contributed by atoms with Gasteiger partial charge in [-0.2, -0.15) is 0 Å². The van der Waals surface area contributed by atoms with Gasteiger partial charge in [-0.25, -0.2) is 9.97 Å². The van der Waals surface area contributed by atoms with Gasteiger partial charge in [0.15, 0.2) is 0 Å². The minimum absolute atomic E-state index is 0.516. The molecule has 78 valence electrons. The Labute approximate surface area is 89.9 Å². The van der Waals surface area contributed by atoms with Gasteiger partial charge in [-0.05, 0) is 12.8 Å². The van der Waals surface area contributed by atoms with E-state index in [-0.39, 0.29) is 0 Å². The zero-order chi connectivity index (χ0) is 10.4. The van der Waals surface area contributed by atoms with Gasteiger partial charge in [-0.15, -0.1) is 0 Å². The smallest absolute Gasteiger partial charge is 0.134 e. The van der Waals surface area contributed by atoms with Crippen LogP contribution in [0.25, 0.3) is 0 Å². The van der Waals surface area contributed by atoms with Crippen LogP contribution in [-0.4, -0.2) is 16.5 Å². The van der Waals surface area contributed by atoms with Crippen molar-refractivity contribution in [1.29, 1.82) is 0 Å². The van der Waals surface area contributed by atoms with Crippen molar-refractivity contribution in [2.24, 2.45) is 0 Å². The van der Waals surface area contributed by atoms with E-state index >= 15 is 0 Å². The number of aryl methyl sites for hydroxylation is 1. The summed E-state index contributed by atoms with van der Waals surface area (Å²) in [7, 11) is 0. The molecular weight excluding hydrogens is 198 g/mol. The first-order chi connectivity index (χ1) is 6.76. The summed E-state index contributed by atoms with van der Waals surface area (Å²) in [6, 6.07) is 1.76. The topological polar surface area (TPSA) is 37.8 Å². The van der Waals surface area contributed by atoms with Crippen LogP contribution in [0.2, 0.25) is 5.15 Å². The first-order valence-corrected chi connectivity index (χ1v) is 5.41. The predicted octanol–water partition coefficient (Wildman–Crippen LogP) is 2.90. The summed E-state index contributed by atoms with van der Waals surface area (Å²) in [5.41, 5.74) is 0. The number of nitrogens with one attached hydrogen (secondary N) is 1. The van der Waals surface area contributed by atoms with Crippen molar-refractivity contribution in [3.05, 3.63) is 17.0 Å². The Morgan fingerprint density at radius 2 is 2.07 bits per heavy atom. The van der Waals surface area contributed by atoms with Gasteiger partial charge in [0.1, 0.15) is 16.8 Å². The molecular formula is C10H16ClN3. The molecule has 0 saturated carbocycles. The number of hydrogen-bond donors (Lipinski definition) is 1. The van der Waals surface area contributed by atoms with Gasteiger partial charge < -0.3 is 5.32 Å². The Morgan fingerprint density at radius 1 is 1.29 bits per heavy atom. The molecule has 1 aromatic rings. The molecule has 0 atom stereocenters. The molecule has 0 spiro atoms. The Bertz CT molecular complexity index is 289. The average molecular weight is 214 g/mol. The van der Waals surface area contributed by atoms with Crippen LogP contribution >= 0.6 is 11.6 Å². The lowest BCUT2D eigenvalue weighted by molar-refractivity contribution is 0.832. The highest BCUT2D eigenvalue weighted by molar-refractivity contribution is 6.29. The number of hydrogen-bond acceptors (Lipinski definition) is 3. The molecule has 0 radical (unpaired) electrons. The summed E-state index contributed by atoms with van der Waals surface area (Å²) in [6.07, 6.45) is 2.99. The van der Waals surface area contributed by atoms with Gasteiger partial charge in [0, 0.05) is 19.0 Å². The maximum Gasteiger partial charge on any atom is 0.134 e. The molecule has 0 unspecified atom stereocenters. The molecule has 0 aliphatic carbocycles. The van der Waals surface area contributed by atoms with Crippen molar-refractivity contribution in [1.82, 2.24) is 9.97 Å². The van der Waals surface area contributed by atoms with E-state index in [0.29, 0.717) is 5.15 Å². The number of aromatic nitrogens is 2. The number of anilines is 1. The lowest BCUT2D eigenvalue weighted by Crippen LogP contribution is -2.05. The van der Waals surface area contributed by atoms with Crippen molar-refractivity contribution in [2.75, 3.05) is 11.9 Å². The summed E-state index contributed by atoms with van der Waals surface area (Å²) in [4.78, 5) is 8.50. The fourth-order valence-corrected chi connectivity index (χ4v) is 1.34. The second-order valence-corrected chi connectivity index (χ2v) is 3.56. The Kier molecular flexibility index (Phi) is 4.66. The molecule has 0 amide bonds. The van der Waals surface area contributed by atoms with E-state index in [1.54, 1.807) is 6.07 Å². The van der Waals surface area contributed by atoms with E-state index in [9.17, 15) is 0 Å². The molecule has 14 heavy (non-hydrogen) atoms. The van der Waals surface area contributed by atoms with Crippen LogP contribution in [0.3, 0.4) is 0 Å². The molecule has 0 bridgehead atoms. The van der Waals surface area contributed by atoms with Gasteiger partial charge in [0.25, 0.3) is 0 Å². The van der Waals surface area contributed by atoms with Crippen molar-refractivity contribution < 1.29 is 0 Å². The molecule has 0 aromatic carbocycles. The zero-order valence-corrected chi connectivity index (χ0v) is 9.43. The minimum atomic E-state index is 0.516. The molecule has 0 fully saturated rings. The van der Waals surface area contributed by atoms with Gasteiger partial charge in [-0.3, -0.25) is 0 Å². The maximum absolute atomic E-state index is 5.87. The first kappa shape index (κ1) is 11.2. The van der Waals surface area contributed by atoms with Crippen molar-refractivity contribution >= 4 is 17.4 Å². The zero-order valence-electron chi connectivity index (χ0n) is 8.68. The van der Waals surface area contributed by atoms with Gasteiger partial charge >= 0.3 is 0 Å². The lowest BCUT2D eigenvalue weighted by Gasteiger charge is -2.05. The molecule has 0 saturated heterocycles. The van der Waals surface area contributed by atoms with E-state index in [2.05, 4.69) is 29.1 Å². The van der Waals surface area contributed by atoms with Crippen molar-refractivity contribution in [2.45, 2.75) is 33.1 Å². The molecule has 1 heterocycles. The largest absolute Gasteiger partial charge is 0.370 e. The second kappa shape index (κ2) is 5.81. The normalized spacial score (nSPS) is 10.2. The van der Waals surface area contributed by atoms with Crippen LogP contribution in [0.5, 0.6) is 0 Å². The molecule has 1 aromatic heterocycles. The average Bonchev–Trinajstić information content (AvgIpc) is 2.14. The number of halogens is 1. The SMILES string of the molecule is CCCNc1cc(Cl)nc(CCC)n1. The third-order valence-corrected chi connectivity index (χ3v) is 1.96. The molecule has 4 heteroatoms. The molecule has 3 nitrogen and oxygen atoms in total. The predicted molar refractivity (Wildman–Crippen MR) is 59.8 cm³/mol. The Balaban J connectivity index is 2.73. The van der Waals surface area contributed by atoms with E-state index < -0.39 is 0 Å². The lowest BCUT2D eigenvalue weighted by atomic mass is 10.3. The maximum atomic E-state index is 5.87. The third kappa shape index (κ3) is 3.50. The molecule has 1 N–H and O–H groups in total. The van der Waals surface area contributed by atoms with Gasteiger partial charge in [0.2, 0.25) is 0 Å². The van der Waals surface area contributed by atoms with Crippen LogP contribution < -0.4 is 5.32 Å². The van der Waals surface area contributed by atoms with Crippen LogP contribution in [0.4, 0.5) is 5.82 Å². The third-order valence-electron chi connectivity index (χ3n) is 1.77. The van der Waals surface area contributed by atoms with Crippen LogP contribution in [0.1, 0.15) is 32.5 Å². The van der Waals surface area contributed by atoms with E-state index in [1.165, 1.54) is 0 Å². The molecule has 0 aliphatic rings. The Hall–Kier alpha value is -0.830. The minimum Gasteiger partial charge on any atom is -0.370 e. The van der Waals surface area contributed by atoms with Crippen molar-refractivity contribution in [3.63, 3.8) is 0 Å². The fraction of sp³-hybridized carbons (Fsp3) is 0.600. The van der Waals surface area contributed by atoms with Crippen LogP contribution in [-0.2, 0) is 6.42 Å². The van der Waals surface area contributed by atoms with Gasteiger partial charge in [0.05, 0.1) is 0 Å². The van der Waals surface area contributed by atoms with E-state index in [4.69, 9.17) is 11.6 Å². The molecule has 0 aliphatic heterocycles. The first-order valence-electron chi connectivity index (χ1n) is 5.03. The summed E-state index contributed by atoms with van der Waals surface area (Å²) >= 11 is 5.87. The summed E-state index contributed by atoms with van der Waals surface area (Å²) in [6.45, 7) is 5.13. The highest BCUT2D eigenvalue weighted by atomic mass is 35.5. The number of rotatable bonds is 5. The second-order valence-electron chi connectivity index (χ2n) is 3.17. The van der Waals surface area contributed by atoms with Crippen LogP contribution in [0.15, 0.2) is 6.07 Å². The standard InChI is InChI=1S/C10H16ClN3/c1-3-5-9-13-8(11)7-10(14-9)12-6-4-2/h7H,3-6H2,1-2H3,(H,12,13,14). The monoisotopic (exact) mass is 213 g/mol. The van der Waals surface area contributed by atoms with Crippen LogP contribution in [0, 0.1) is 0 Å². The Morgan fingerprint density at radius 3 is 2.71 bits per heavy atom. The van der Waals surface area contributed by atoms with E-state index in [1.807, 2.05) is 0 Å². The number of nitrogens with zero attached hydrogens (tertiary/aromatic N) is 2. The summed E-state index contributed by atoms with van der Waals surface area (Å²) < 4.78 is 0. The highest BCUT2D eigenvalue weighted by Crippen LogP contribution is 2.12. The van der Waals surface area contributed by atoms with Crippen molar-refractivity contribution in [3.8, 4) is 0 Å². The fourth-order valence-electron chi connectivity index (χ4n) is 1.14. The summed E-state index contributed by atoms with van der Waals surface area (Å²) in [5, 5.41) is 3.71.